The van der Waals surface area contributed by atoms with E-state index in [2.05, 4.69) is 24.3 Å². The number of benzene rings is 1. The first-order valence-electron chi connectivity index (χ1n) is 10.5. The summed E-state index contributed by atoms with van der Waals surface area (Å²) in [5.74, 6) is 1.25. The highest BCUT2D eigenvalue weighted by Crippen LogP contribution is 2.18. The van der Waals surface area contributed by atoms with Gasteiger partial charge in [-0.3, -0.25) is 0 Å². The number of ether oxygens (including phenoxy) is 2. The van der Waals surface area contributed by atoms with Gasteiger partial charge in [-0.25, -0.2) is 8.42 Å². The summed E-state index contributed by atoms with van der Waals surface area (Å²) in [7, 11) is -2.87. The molecule has 0 radical (unpaired) electrons. The Hall–Kier alpha value is -1.07. The number of aryl methyl sites for hydroxylation is 1. The number of unbranched alkanes of at least 4 members (excludes halogenated alkanes) is 4. The molecule has 5 heteroatoms. The Bertz CT molecular complexity index is 616. The Morgan fingerprint density at radius 1 is 1.04 bits per heavy atom. The Labute approximate surface area is 165 Å². The van der Waals surface area contributed by atoms with Gasteiger partial charge in [0.25, 0.3) is 0 Å². The zero-order valence-corrected chi connectivity index (χ0v) is 17.8. The van der Waals surface area contributed by atoms with E-state index in [1.807, 2.05) is 0 Å². The lowest BCUT2D eigenvalue weighted by molar-refractivity contribution is -0.0110. The van der Waals surface area contributed by atoms with E-state index in [9.17, 15) is 8.42 Å². The Balaban J connectivity index is 1.54. The molecular formula is C22H36O4S. The van der Waals surface area contributed by atoms with Crippen molar-refractivity contribution in [1.82, 2.24) is 0 Å². The van der Waals surface area contributed by atoms with E-state index in [4.69, 9.17) is 9.47 Å². The fraction of sp³-hybridized carbons (Fsp3) is 0.727. The second kappa shape index (κ2) is 11.7. The van der Waals surface area contributed by atoms with E-state index in [0.717, 1.165) is 57.3 Å². The van der Waals surface area contributed by atoms with Crippen LogP contribution < -0.4 is 4.74 Å². The van der Waals surface area contributed by atoms with Crippen LogP contribution in [0.15, 0.2) is 24.3 Å². The highest BCUT2D eigenvalue weighted by Gasteiger charge is 2.15. The normalized spacial score (nSPS) is 18.0. The lowest BCUT2D eigenvalue weighted by atomic mass is 10.1. The van der Waals surface area contributed by atoms with Gasteiger partial charge in [0, 0.05) is 6.61 Å². The molecule has 0 aromatic heterocycles. The number of rotatable bonds is 12. The van der Waals surface area contributed by atoms with E-state index in [-0.39, 0.29) is 11.4 Å². The fourth-order valence-electron chi connectivity index (χ4n) is 3.28. The number of hydrogen-bond acceptors (Lipinski definition) is 4. The minimum absolute atomic E-state index is 0.244. The van der Waals surface area contributed by atoms with Crippen molar-refractivity contribution >= 4 is 9.84 Å². The summed E-state index contributed by atoms with van der Waals surface area (Å²) < 4.78 is 35.0. The molecule has 0 amide bonds. The van der Waals surface area contributed by atoms with Gasteiger partial charge in [-0.2, -0.15) is 0 Å². The predicted molar refractivity (Wildman–Crippen MR) is 111 cm³/mol. The Morgan fingerprint density at radius 2 is 1.74 bits per heavy atom. The van der Waals surface area contributed by atoms with Crippen molar-refractivity contribution in [3.8, 4) is 5.75 Å². The van der Waals surface area contributed by atoms with Crippen LogP contribution in [-0.2, 0) is 21.0 Å². The van der Waals surface area contributed by atoms with Gasteiger partial charge in [0.1, 0.15) is 12.4 Å². The molecule has 2 rings (SSSR count). The molecule has 154 valence electrons. The van der Waals surface area contributed by atoms with E-state index < -0.39 is 9.84 Å². The summed E-state index contributed by atoms with van der Waals surface area (Å²) in [5.41, 5.74) is 1.33. The molecule has 1 aliphatic heterocycles. The molecule has 1 unspecified atom stereocenters. The van der Waals surface area contributed by atoms with Crippen LogP contribution in [0.3, 0.4) is 0 Å². The molecule has 0 bridgehead atoms. The van der Waals surface area contributed by atoms with E-state index in [1.54, 1.807) is 13.8 Å². The largest absolute Gasteiger partial charge is 0.491 e. The molecule has 1 heterocycles. The zero-order valence-electron chi connectivity index (χ0n) is 17.0. The molecule has 4 nitrogen and oxygen atoms in total. The molecule has 1 aromatic rings. The van der Waals surface area contributed by atoms with Crippen molar-refractivity contribution in [2.75, 3.05) is 19.0 Å². The second-order valence-corrected chi connectivity index (χ2v) is 10.6. The third-order valence-electron chi connectivity index (χ3n) is 5.25. The maximum atomic E-state index is 11.8. The minimum Gasteiger partial charge on any atom is -0.491 e. The van der Waals surface area contributed by atoms with Crippen molar-refractivity contribution in [1.29, 1.82) is 0 Å². The summed E-state index contributed by atoms with van der Waals surface area (Å²) in [6.07, 6.45) is 10.0. The van der Waals surface area contributed by atoms with Gasteiger partial charge in [-0.05, 0) is 70.1 Å². The summed E-state index contributed by atoms with van der Waals surface area (Å²) in [4.78, 5) is 0. The van der Waals surface area contributed by atoms with Crippen LogP contribution in [0.5, 0.6) is 5.75 Å². The van der Waals surface area contributed by atoms with Crippen LogP contribution in [0, 0.1) is 0 Å². The average molecular weight is 397 g/mol. The van der Waals surface area contributed by atoms with Crippen molar-refractivity contribution in [3.05, 3.63) is 29.8 Å². The third kappa shape index (κ3) is 8.65. The van der Waals surface area contributed by atoms with Crippen LogP contribution in [-0.4, -0.2) is 38.7 Å². The van der Waals surface area contributed by atoms with Gasteiger partial charge in [-0.1, -0.05) is 31.4 Å². The monoisotopic (exact) mass is 396 g/mol. The third-order valence-corrected chi connectivity index (χ3v) is 7.54. The molecule has 1 saturated heterocycles. The fourth-order valence-corrected chi connectivity index (χ4v) is 4.36. The van der Waals surface area contributed by atoms with Gasteiger partial charge in [0.05, 0.1) is 17.1 Å². The highest BCUT2D eigenvalue weighted by atomic mass is 32.2. The molecule has 0 spiro atoms. The van der Waals surface area contributed by atoms with Crippen molar-refractivity contribution < 1.29 is 17.9 Å². The summed E-state index contributed by atoms with van der Waals surface area (Å²) in [6.45, 7) is 5.03. The van der Waals surface area contributed by atoms with Gasteiger partial charge in [0.15, 0.2) is 9.84 Å². The molecular weight excluding hydrogens is 360 g/mol. The van der Waals surface area contributed by atoms with Gasteiger partial charge >= 0.3 is 0 Å². The highest BCUT2D eigenvalue weighted by molar-refractivity contribution is 7.91. The Morgan fingerprint density at radius 3 is 2.41 bits per heavy atom. The molecule has 1 aromatic carbocycles. The maximum absolute atomic E-state index is 11.8. The Kier molecular flexibility index (Phi) is 9.63. The SMILES string of the molecule is CC(C)S(=O)(=O)CCCCCCCc1ccc(OCC2CCCCO2)cc1. The molecule has 1 aliphatic rings. The van der Waals surface area contributed by atoms with Crippen LogP contribution in [0.4, 0.5) is 0 Å². The molecule has 1 fully saturated rings. The molecule has 0 saturated carbocycles. The smallest absolute Gasteiger partial charge is 0.152 e. The van der Waals surface area contributed by atoms with Crippen molar-refractivity contribution in [2.45, 2.75) is 83.0 Å². The molecule has 27 heavy (non-hydrogen) atoms. The van der Waals surface area contributed by atoms with E-state index in [1.165, 1.54) is 18.4 Å². The van der Waals surface area contributed by atoms with Crippen molar-refractivity contribution in [2.24, 2.45) is 0 Å². The van der Waals surface area contributed by atoms with Gasteiger partial charge in [-0.15, -0.1) is 0 Å². The van der Waals surface area contributed by atoms with Crippen LogP contribution in [0.2, 0.25) is 0 Å². The lowest BCUT2D eigenvalue weighted by Gasteiger charge is -2.22. The summed E-state index contributed by atoms with van der Waals surface area (Å²) in [6, 6.07) is 8.39. The first-order valence-corrected chi connectivity index (χ1v) is 12.2. The van der Waals surface area contributed by atoms with Crippen LogP contribution in [0.1, 0.15) is 70.8 Å². The molecule has 0 aliphatic carbocycles. The summed E-state index contributed by atoms with van der Waals surface area (Å²) in [5, 5.41) is -0.250. The van der Waals surface area contributed by atoms with Crippen molar-refractivity contribution in [3.63, 3.8) is 0 Å². The number of sulfone groups is 1. The first-order chi connectivity index (χ1) is 13.0. The number of hydrogen-bond donors (Lipinski definition) is 0. The standard InChI is InChI=1S/C22H36O4S/c1-19(2)27(23,24)17-9-5-3-4-6-10-20-12-14-21(15-13-20)26-18-22-11-7-8-16-25-22/h12-15,19,22H,3-11,16-18H2,1-2H3. The molecule has 1 atom stereocenters. The second-order valence-electron chi connectivity index (χ2n) is 7.88. The maximum Gasteiger partial charge on any atom is 0.152 e. The van der Waals surface area contributed by atoms with E-state index >= 15 is 0 Å². The lowest BCUT2D eigenvalue weighted by Crippen LogP contribution is -2.25. The zero-order chi connectivity index (χ0) is 19.5. The van der Waals surface area contributed by atoms with E-state index in [0.29, 0.717) is 12.4 Å². The first kappa shape index (κ1) is 22.2. The topological polar surface area (TPSA) is 52.6 Å². The van der Waals surface area contributed by atoms with Gasteiger partial charge in [0.2, 0.25) is 0 Å². The minimum atomic E-state index is -2.87. The van der Waals surface area contributed by atoms with Crippen LogP contribution in [0.25, 0.3) is 0 Å². The quantitative estimate of drug-likeness (QED) is 0.469. The van der Waals surface area contributed by atoms with Gasteiger partial charge < -0.3 is 9.47 Å². The van der Waals surface area contributed by atoms with Crippen LogP contribution >= 0.6 is 0 Å². The average Bonchev–Trinajstić information content (AvgIpc) is 2.67. The summed E-state index contributed by atoms with van der Waals surface area (Å²) >= 11 is 0. The molecule has 0 N–H and O–H groups in total. The predicted octanol–water partition coefficient (Wildman–Crippen LogP) is 4.95.